The van der Waals surface area contributed by atoms with Crippen molar-refractivity contribution >= 4 is 17.5 Å². The van der Waals surface area contributed by atoms with Gasteiger partial charge in [0.1, 0.15) is 0 Å². The maximum Gasteiger partial charge on any atom is 0.220 e. The van der Waals surface area contributed by atoms with Crippen LogP contribution in [0.3, 0.4) is 0 Å². The third kappa shape index (κ3) is 5.68. The monoisotopic (exact) mass is 308 g/mol. The predicted molar refractivity (Wildman–Crippen MR) is 87.5 cm³/mol. The van der Waals surface area contributed by atoms with Crippen molar-refractivity contribution in [3.63, 3.8) is 0 Å². The Morgan fingerprint density at radius 3 is 2.90 bits per heavy atom. The molecule has 3 nitrogen and oxygen atoms in total. The highest BCUT2D eigenvalue weighted by atomic mass is 35.5. The van der Waals surface area contributed by atoms with E-state index in [0.717, 1.165) is 30.1 Å². The molecule has 1 amide bonds. The van der Waals surface area contributed by atoms with Crippen LogP contribution < -0.4 is 10.6 Å². The van der Waals surface area contributed by atoms with E-state index in [2.05, 4.69) is 17.6 Å². The number of carbonyl (C=O) groups is 1. The van der Waals surface area contributed by atoms with E-state index in [-0.39, 0.29) is 5.91 Å². The van der Waals surface area contributed by atoms with E-state index in [1.165, 1.54) is 12.8 Å². The van der Waals surface area contributed by atoms with Crippen LogP contribution in [0.15, 0.2) is 24.3 Å². The van der Waals surface area contributed by atoms with Crippen molar-refractivity contribution in [2.75, 3.05) is 19.6 Å². The molecule has 1 aromatic carbocycles. The summed E-state index contributed by atoms with van der Waals surface area (Å²) in [5.74, 6) is 1.33. The fourth-order valence-electron chi connectivity index (χ4n) is 2.98. The lowest BCUT2D eigenvalue weighted by Crippen LogP contribution is -2.34. The number of hydrogen-bond donors (Lipinski definition) is 2. The minimum Gasteiger partial charge on any atom is -0.356 e. The minimum absolute atomic E-state index is 0.170. The zero-order chi connectivity index (χ0) is 15.1. The van der Waals surface area contributed by atoms with Gasteiger partial charge in [0.25, 0.3) is 0 Å². The van der Waals surface area contributed by atoms with Gasteiger partial charge in [0, 0.05) is 18.0 Å². The summed E-state index contributed by atoms with van der Waals surface area (Å²) in [7, 11) is 0. The highest BCUT2D eigenvalue weighted by Gasteiger charge is 2.21. The molecule has 0 radical (unpaired) electrons. The molecule has 4 heteroatoms. The van der Waals surface area contributed by atoms with Crippen LogP contribution >= 0.6 is 11.6 Å². The number of amides is 1. The van der Waals surface area contributed by atoms with E-state index in [4.69, 9.17) is 11.6 Å². The fourth-order valence-corrected chi connectivity index (χ4v) is 3.20. The Hall–Kier alpha value is -1.06. The van der Waals surface area contributed by atoms with Gasteiger partial charge in [-0.1, -0.05) is 30.7 Å². The highest BCUT2D eigenvalue weighted by molar-refractivity contribution is 6.30. The Bertz CT molecular complexity index is 458. The van der Waals surface area contributed by atoms with E-state index >= 15 is 0 Å². The lowest BCUT2D eigenvalue weighted by Gasteiger charge is -2.27. The van der Waals surface area contributed by atoms with Gasteiger partial charge >= 0.3 is 0 Å². The molecule has 0 saturated carbocycles. The van der Waals surface area contributed by atoms with Crippen LogP contribution in [0.4, 0.5) is 0 Å². The van der Waals surface area contributed by atoms with Crippen molar-refractivity contribution in [1.29, 1.82) is 0 Å². The SMILES string of the molecule is CC(CC(=O)NCCc1cccc(Cl)c1)C1CCNCC1. The van der Waals surface area contributed by atoms with Crippen LogP contribution in [0.1, 0.15) is 31.7 Å². The molecule has 1 heterocycles. The summed E-state index contributed by atoms with van der Waals surface area (Å²) in [5.41, 5.74) is 1.16. The Morgan fingerprint density at radius 2 is 2.19 bits per heavy atom. The first kappa shape index (κ1) is 16.3. The summed E-state index contributed by atoms with van der Waals surface area (Å²) in [6.07, 6.45) is 3.85. The van der Waals surface area contributed by atoms with E-state index in [1.54, 1.807) is 0 Å². The quantitative estimate of drug-likeness (QED) is 0.848. The van der Waals surface area contributed by atoms with Gasteiger partial charge in [0.05, 0.1) is 0 Å². The molecule has 2 N–H and O–H groups in total. The van der Waals surface area contributed by atoms with E-state index in [9.17, 15) is 4.79 Å². The molecule has 0 spiro atoms. The zero-order valence-electron chi connectivity index (χ0n) is 12.7. The molecular formula is C17H25ClN2O. The predicted octanol–water partition coefficient (Wildman–Crippen LogP) is 3.02. The van der Waals surface area contributed by atoms with Gasteiger partial charge in [0.15, 0.2) is 0 Å². The molecule has 116 valence electrons. The summed E-state index contributed by atoms with van der Waals surface area (Å²) < 4.78 is 0. The fraction of sp³-hybridized carbons (Fsp3) is 0.588. The molecule has 2 rings (SSSR count). The molecular weight excluding hydrogens is 284 g/mol. The van der Waals surface area contributed by atoms with Crippen LogP contribution in [0.25, 0.3) is 0 Å². The molecule has 1 aliphatic rings. The number of benzene rings is 1. The van der Waals surface area contributed by atoms with Crippen LogP contribution in [0.2, 0.25) is 5.02 Å². The van der Waals surface area contributed by atoms with E-state index in [1.807, 2.05) is 24.3 Å². The van der Waals surface area contributed by atoms with Gasteiger partial charge in [-0.15, -0.1) is 0 Å². The Kier molecular flexibility index (Phi) is 6.52. The second kappa shape index (κ2) is 8.40. The van der Waals surface area contributed by atoms with Gasteiger partial charge in [-0.25, -0.2) is 0 Å². The second-order valence-corrected chi connectivity index (χ2v) is 6.44. The van der Waals surface area contributed by atoms with Crippen molar-refractivity contribution in [2.24, 2.45) is 11.8 Å². The molecule has 1 aromatic rings. The topological polar surface area (TPSA) is 41.1 Å². The molecule has 21 heavy (non-hydrogen) atoms. The van der Waals surface area contributed by atoms with Crippen LogP contribution in [0.5, 0.6) is 0 Å². The lowest BCUT2D eigenvalue weighted by molar-refractivity contribution is -0.122. The van der Waals surface area contributed by atoms with Gasteiger partial charge in [-0.3, -0.25) is 4.79 Å². The van der Waals surface area contributed by atoms with Crippen LogP contribution in [-0.2, 0) is 11.2 Å². The Morgan fingerprint density at radius 1 is 1.43 bits per heavy atom. The van der Waals surface area contributed by atoms with Crippen molar-refractivity contribution in [3.8, 4) is 0 Å². The first-order valence-corrected chi connectivity index (χ1v) is 8.25. The number of piperidine rings is 1. The number of halogens is 1. The van der Waals surface area contributed by atoms with Crippen molar-refractivity contribution in [2.45, 2.75) is 32.6 Å². The largest absolute Gasteiger partial charge is 0.356 e. The van der Waals surface area contributed by atoms with Crippen LogP contribution in [0, 0.1) is 11.8 Å². The van der Waals surface area contributed by atoms with Gasteiger partial charge in [-0.05, 0) is 61.9 Å². The maximum absolute atomic E-state index is 12.0. The zero-order valence-corrected chi connectivity index (χ0v) is 13.5. The van der Waals surface area contributed by atoms with Crippen molar-refractivity contribution in [3.05, 3.63) is 34.9 Å². The highest BCUT2D eigenvalue weighted by Crippen LogP contribution is 2.24. The Balaban J connectivity index is 1.67. The second-order valence-electron chi connectivity index (χ2n) is 6.00. The van der Waals surface area contributed by atoms with Crippen LogP contribution in [-0.4, -0.2) is 25.5 Å². The molecule has 0 aliphatic carbocycles. The molecule has 1 unspecified atom stereocenters. The lowest BCUT2D eigenvalue weighted by atomic mass is 9.84. The molecule has 1 fully saturated rings. The number of rotatable bonds is 6. The van der Waals surface area contributed by atoms with E-state index in [0.29, 0.717) is 24.8 Å². The Labute approximate surface area is 132 Å². The van der Waals surface area contributed by atoms with Gasteiger partial charge in [-0.2, -0.15) is 0 Å². The summed E-state index contributed by atoms with van der Waals surface area (Å²) in [4.78, 5) is 12.0. The summed E-state index contributed by atoms with van der Waals surface area (Å²) >= 11 is 5.95. The molecule has 1 saturated heterocycles. The number of carbonyl (C=O) groups excluding carboxylic acids is 1. The number of hydrogen-bond acceptors (Lipinski definition) is 2. The average molecular weight is 309 g/mol. The normalized spacial score (nSPS) is 17.4. The van der Waals surface area contributed by atoms with Crippen molar-refractivity contribution in [1.82, 2.24) is 10.6 Å². The van der Waals surface area contributed by atoms with Crippen molar-refractivity contribution < 1.29 is 4.79 Å². The van der Waals surface area contributed by atoms with Gasteiger partial charge < -0.3 is 10.6 Å². The molecule has 1 atom stereocenters. The summed E-state index contributed by atoms with van der Waals surface area (Å²) in [6, 6.07) is 7.80. The smallest absolute Gasteiger partial charge is 0.220 e. The third-order valence-corrected chi connectivity index (χ3v) is 4.56. The minimum atomic E-state index is 0.170. The standard InChI is InChI=1S/C17H25ClN2O/c1-13(15-6-8-19-9-7-15)11-17(21)20-10-5-14-3-2-4-16(18)12-14/h2-4,12-13,15,19H,5-11H2,1H3,(H,20,21). The molecule has 1 aliphatic heterocycles. The molecule has 0 aromatic heterocycles. The molecule has 0 bridgehead atoms. The third-order valence-electron chi connectivity index (χ3n) is 4.32. The first-order chi connectivity index (χ1) is 10.1. The first-order valence-electron chi connectivity index (χ1n) is 7.87. The summed E-state index contributed by atoms with van der Waals surface area (Å²) in [6.45, 7) is 5.06. The van der Waals surface area contributed by atoms with E-state index < -0.39 is 0 Å². The number of nitrogens with one attached hydrogen (secondary N) is 2. The maximum atomic E-state index is 12.0. The van der Waals surface area contributed by atoms with Gasteiger partial charge in [0.2, 0.25) is 5.91 Å². The summed E-state index contributed by atoms with van der Waals surface area (Å²) in [5, 5.41) is 7.14. The average Bonchev–Trinajstić information content (AvgIpc) is 2.48.